The van der Waals surface area contributed by atoms with Gasteiger partial charge >= 0.3 is 6.09 Å². The minimum absolute atomic E-state index is 0.243. The number of anilines is 1. The molecular formula is C13H17N3O2S. The summed E-state index contributed by atoms with van der Waals surface area (Å²) in [4.78, 5) is 13.5. The van der Waals surface area contributed by atoms with Gasteiger partial charge < -0.3 is 4.74 Å². The van der Waals surface area contributed by atoms with Crippen molar-refractivity contribution in [2.24, 2.45) is 5.84 Å². The van der Waals surface area contributed by atoms with E-state index in [1.165, 1.54) is 9.91 Å². The molecule has 0 aromatic heterocycles. The Morgan fingerprint density at radius 1 is 1.37 bits per heavy atom. The average molecular weight is 279 g/mol. The van der Waals surface area contributed by atoms with Crippen LogP contribution in [0.2, 0.25) is 0 Å². The second-order valence-corrected chi connectivity index (χ2v) is 5.71. The highest BCUT2D eigenvalue weighted by Crippen LogP contribution is 2.27. The summed E-state index contributed by atoms with van der Waals surface area (Å²) in [7, 11) is 0. The maximum absolute atomic E-state index is 12.1. The number of nitrogens with two attached hydrogens (primary N) is 1. The molecule has 5 nitrogen and oxygen atoms in total. The molecule has 0 atom stereocenters. The largest absolute Gasteiger partial charge is 0.443 e. The van der Waals surface area contributed by atoms with Crippen LogP contribution in [0.4, 0.5) is 10.5 Å². The van der Waals surface area contributed by atoms with E-state index in [9.17, 15) is 4.79 Å². The van der Waals surface area contributed by atoms with Gasteiger partial charge in [-0.25, -0.2) is 15.5 Å². The number of carbonyl (C=O) groups is 1. The highest BCUT2D eigenvalue weighted by Gasteiger charge is 2.32. The van der Waals surface area contributed by atoms with Crippen molar-refractivity contribution in [1.29, 1.82) is 0 Å². The Morgan fingerprint density at radius 3 is 2.63 bits per heavy atom. The molecule has 102 valence electrons. The van der Waals surface area contributed by atoms with E-state index < -0.39 is 11.7 Å². The van der Waals surface area contributed by atoms with Crippen LogP contribution < -0.4 is 10.9 Å². The molecule has 2 rings (SSSR count). The first kappa shape index (κ1) is 13.8. The number of hydrogen-bond donors (Lipinski definition) is 1. The summed E-state index contributed by atoms with van der Waals surface area (Å²) in [6.45, 7) is 5.81. The van der Waals surface area contributed by atoms with E-state index in [-0.39, 0.29) is 5.11 Å². The Bertz CT molecular complexity index is 525. The molecule has 1 aromatic carbocycles. The molecule has 0 saturated heterocycles. The Balaban J connectivity index is 2.26. The van der Waals surface area contributed by atoms with Crippen molar-refractivity contribution in [3.05, 3.63) is 29.8 Å². The number of para-hydroxylation sites is 1. The first-order chi connectivity index (χ1) is 8.79. The molecule has 1 aromatic rings. The first-order valence-corrected chi connectivity index (χ1v) is 6.37. The van der Waals surface area contributed by atoms with Crippen LogP contribution in [0.25, 0.3) is 0 Å². The number of nitrogens with zero attached hydrogens (tertiary/aromatic N) is 2. The summed E-state index contributed by atoms with van der Waals surface area (Å²) < 4.78 is 5.33. The number of amides is 1. The third-order valence-corrected chi connectivity index (χ3v) is 3.05. The van der Waals surface area contributed by atoms with E-state index in [1.54, 1.807) is 0 Å². The van der Waals surface area contributed by atoms with Gasteiger partial charge in [-0.2, -0.15) is 0 Å². The van der Waals surface area contributed by atoms with Crippen LogP contribution in [0.3, 0.4) is 0 Å². The normalized spacial score (nSPS) is 15.3. The molecule has 19 heavy (non-hydrogen) atoms. The number of ether oxygens (including phenoxy) is 1. The van der Waals surface area contributed by atoms with Crippen molar-refractivity contribution in [3.63, 3.8) is 0 Å². The molecule has 0 saturated carbocycles. The summed E-state index contributed by atoms with van der Waals surface area (Å²) in [5.74, 6) is 5.92. The van der Waals surface area contributed by atoms with Crippen molar-refractivity contribution >= 4 is 29.1 Å². The Labute approximate surface area is 117 Å². The molecule has 0 radical (unpaired) electrons. The third-order valence-electron chi connectivity index (χ3n) is 2.63. The molecule has 1 aliphatic heterocycles. The van der Waals surface area contributed by atoms with Gasteiger partial charge in [0.05, 0.1) is 12.2 Å². The van der Waals surface area contributed by atoms with E-state index in [2.05, 4.69) is 0 Å². The van der Waals surface area contributed by atoms with Gasteiger partial charge in [-0.1, -0.05) is 18.2 Å². The number of rotatable bonds is 0. The highest BCUT2D eigenvalue weighted by atomic mass is 32.1. The Kier molecular flexibility index (Phi) is 3.47. The number of hydrazine groups is 1. The van der Waals surface area contributed by atoms with Crippen LogP contribution in [0.15, 0.2) is 24.3 Å². The number of benzene rings is 1. The lowest BCUT2D eigenvalue weighted by molar-refractivity contribution is 0.0357. The smallest absolute Gasteiger partial charge is 0.416 e. The van der Waals surface area contributed by atoms with Gasteiger partial charge in [0.15, 0.2) is 0 Å². The lowest BCUT2D eigenvalue weighted by atomic mass is 10.1. The molecule has 0 fully saturated rings. The van der Waals surface area contributed by atoms with Crippen LogP contribution >= 0.6 is 12.2 Å². The van der Waals surface area contributed by atoms with E-state index in [4.69, 9.17) is 22.8 Å². The maximum Gasteiger partial charge on any atom is 0.416 e. The summed E-state index contributed by atoms with van der Waals surface area (Å²) in [5.41, 5.74) is 1.18. The number of carbonyl (C=O) groups excluding carboxylic acids is 1. The SMILES string of the molecule is CC(C)(C)OC(=O)N1Cc2ccccc2N(N)C1=S. The zero-order valence-electron chi connectivity index (χ0n) is 11.2. The maximum atomic E-state index is 12.1. The van der Waals surface area contributed by atoms with E-state index >= 15 is 0 Å². The van der Waals surface area contributed by atoms with Gasteiger partial charge in [0.25, 0.3) is 0 Å². The van der Waals surface area contributed by atoms with Crippen LogP contribution in [-0.4, -0.2) is 21.7 Å². The van der Waals surface area contributed by atoms with E-state index in [0.717, 1.165) is 11.3 Å². The molecule has 0 bridgehead atoms. The number of fused-ring (bicyclic) bond motifs is 1. The fourth-order valence-corrected chi connectivity index (χ4v) is 2.05. The molecule has 6 heteroatoms. The topological polar surface area (TPSA) is 58.8 Å². The summed E-state index contributed by atoms with van der Waals surface area (Å²) in [6.07, 6.45) is -0.484. The fraction of sp³-hybridized carbons (Fsp3) is 0.385. The van der Waals surface area contributed by atoms with Gasteiger partial charge in [-0.3, -0.25) is 5.01 Å². The van der Waals surface area contributed by atoms with Crippen LogP contribution in [0, 0.1) is 0 Å². The molecule has 1 amide bonds. The number of hydrogen-bond acceptors (Lipinski definition) is 4. The molecular weight excluding hydrogens is 262 g/mol. The molecule has 2 N–H and O–H groups in total. The first-order valence-electron chi connectivity index (χ1n) is 5.97. The molecule has 1 aliphatic rings. The van der Waals surface area contributed by atoms with E-state index in [0.29, 0.717) is 6.54 Å². The Morgan fingerprint density at radius 2 is 2.00 bits per heavy atom. The highest BCUT2D eigenvalue weighted by molar-refractivity contribution is 7.80. The van der Waals surface area contributed by atoms with Crippen molar-refractivity contribution in [2.75, 3.05) is 5.01 Å². The third kappa shape index (κ3) is 2.85. The standard InChI is InChI=1S/C13H17N3O2S/c1-13(2,3)18-12(17)15-8-9-6-4-5-7-10(9)16(14)11(15)19/h4-7H,8,14H2,1-3H3. The van der Waals surface area contributed by atoms with Gasteiger partial charge in [0.2, 0.25) is 5.11 Å². The lowest BCUT2D eigenvalue weighted by Gasteiger charge is -2.36. The van der Waals surface area contributed by atoms with Gasteiger partial charge in [-0.15, -0.1) is 0 Å². The molecule has 0 aliphatic carbocycles. The van der Waals surface area contributed by atoms with Crippen LogP contribution in [-0.2, 0) is 11.3 Å². The lowest BCUT2D eigenvalue weighted by Crippen LogP contribution is -2.53. The minimum Gasteiger partial charge on any atom is -0.443 e. The predicted octanol–water partition coefficient (Wildman–Crippen LogP) is 2.40. The summed E-state index contributed by atoms with van der Waals surface area (Å²) >= 11 is 5.22. The average Bonchev–Trinajstić information content (AvgIpc) is 2.31. The minimum atomic E-state index is -0.566. The van der Waals surface area contributed by atoms with Crippen LogP contribution in [0.5, 0.6) is 0 Å². The quantitative estimate of drug-likeness (QED) is 0.584. The van der Waals surface area contributed by atoms with Gasteiger partial charge in [0.1, 0.15) is 5.60 Å². The van der Waals surface area contributed by atoms with Crippen molar-refractivity contribution in [1.82, 2.24) is 4.90 Å². The second-order valence-electron chi connectivity index (χ2n) is 5.35. The van der Waals surface area contributed by atoms with Gasteiger partial charge in [-0.05, 0) is 44.6 Å². The molecule has 0 spiro atoms. The van der Waals surface area contributed by atoms with Crippen molar-refractivity contribution < 1.29 is 9.53 Å². The summed E-state index contributed by atoms with van der Waals surface area (Å²) in [6, 6.07) is 7.56. The van der Waals surface area contributed by atoms with Gasteiger partial charge in [0, 0.05) is 0 Å². The van der Waals surface area contributed by atoms with Crippen LogP contribution in [0.1, 0.15) is 26.3 Å². The predicted molar refractivity (Wildman–Crippen MR) is 77.5 cm³/mol. The van der Waals surface area contributed by atoms with E-state index in [1.807, 2.05) is 45.0 Å². The van der Waals surface area contributed by atoms with Crippen molar-refractivity contribution in [3.8, 4) is 0 Å². The molecule has 0 unspecified atom stereocenters. The monoisotopic (exact) mass is 279 g/mol. The van der Waals surface area contributed by atoms with Crippen molar-refractivity contribution in [2.45, 2.75) is 32.9 Å². The fourth-order valence-electron chi connectivity index (χ4n) is 1.81. The Hall–Kier alpha value is -1.66. The summed E-state index contributed by atoms with van der Waals surface area (Å²) in [5, 5.41) is 1.57. The zero-order chi connectivity index (χ0) is 14.2. The number of thiocarbonyl (C=S) groups is 1. The zero-order valence-corrected chi connectivity index (χ0v) is 12.0. The second kappa shape index (κ2) is 4.79. The molecule has 1 heterocycles.